The molecular weight excluding hydrogens is 396 g/mol. The third-order valence-corrected chi connectivity index (χ3v) is 6.94. The van der Waals surface area contributed by atoms with Gasteiger partial charge in [0.15, 0.2) is 5.69 Å². The molecule has 3 heteroatoms. The van der Waals surface area contributed by atoms with Crippen molar-refractivity contribution in [3.05, 3.63) is 109 Å². The number of rotatable bonds is 2. The van der Waals surface area contributed by atoms with Crippen molar-refractivity contribution in [2.24, 2.45) is 0 Å². The van der Waals surface area contributed by atoms with Crippen LogP contribution in [0.2, 0.25) is 0 Å². The summed E-state index contributed by atoms with van der Waals surface area (Å²) in [5, 5.41) is 4.68. The Balaban J connectivity index is 1.57. The maximum Gasteiger partial charge on any atom is 0.187 e. The molecule has 4 aromatic carbocycles. The van der Waals surface area contributed by atoms with Gasteiger partial charge in [-0.05, 0) is 34.7 Å². The molecule has 0 aliphatic rings. The van der Waals surface area contributed by atoms with Crippen molar-refractivity contribution in [1.29, 1.82) is 0 Å². The summed E-state index contributed by atoms with van der Waals surface area (Å²) in [6.45, 7) is 7.27. The summed E-state index contributed by atoms with van der Waals surface area (Å²) in [7, 11) is 0. The Morgan fingerprint density at radius 1 is 0.710 bits per heavy atom. The van der Waals surface area contributed by atoms with E-state index in [1.165, 1.54) is 31.3 Å². The van der Waals surface area contributed by atoms with Crippen LogP contribution in [0.3, 0.4) is 0 Å². The van der Waals surface area contributed by atoms with Crippen molar-refractivity contribution in [1.82, 2.24) is 4.98 Å². The Morgan fingerprint density at radius 3 is 2.45 bits per heavy atom. The Hall–Kier alpha value is -4.00. The molecule has 2 nitrogen and oxygen atoms in total. The summed E-state index contributed by atoms with van der Waals surface area (Å²) in [6, 6.07) is 31.5. The van der Waals surface area contributed by atoms with E-state index < -0.39 is 0 Å². The summed E-state index contributed by atoms with van der Waals surface area (Å²) in [5.41, 5.74) is 5.22. The maximum atomic E-state index is 7.27. The summed E-state index contributed by atoms with van der Waals surface area (Å²) in [6.07, 6.45) is 1.83. The smallest absolute Gasteiger partial charge is 0.187 e. The van der Waals surface area contributed by atoms with Gasteiger partial charge in [-0.2, -0.15) is 0 Å². The second-order valence-electron chi connectivity index (χ2n) is 7.54. The summed E-state index contributed by atoms with van der Waals surface area (Å²) in [4.78, 5) is 8.24. The number of nitrogens with zero attached hydrogens (tertiary/aromatic N) is 2. The summed E-state index contributed by atoms with van der Waals surface area (Å²) >= 11 is 1.84. The van der Waals surface area contributed by atoms with E-state index in [9.17, 15) is 0 Å². The number of fused-ring (bicyclic) bond motifs is 4. The van der Waals surface area contributed by atoms with Gasteiger partial charge in [-0.25, -0.2) is 4.85 Å². The standard InChI is InChI=1S/C28H16N2S/c1-29-21-11-13-22-19(16-21)14-15-30-27(22)20-10-12-24-25-9-5-8-23(18-6-3-2-4-7-18)28(25)31-26(24)17-20/h2-17H. The highest BCUT2D eigenvalue weighted by Crippen LogP contribution is 2.41. The lowest BCUT2D eigenvalue weighted by atomic mass is 10.0. The number of aromatic nitrogens is 1. The Bertz CT molecular complexity index is 1640. The van der Waals surface area contributed by atoms with Crippen molar-refractivity contribution in [3.63, 3.8) is 0 Å². The minimum atomic E-state index is 0.651. The first-order valence-corrected chi connectivity index (χ1v) is 10.9. The van der Waals surface area contributed by atoms with E-state index in [1.807, 2.05) is 41.8 Å². The Morgan fingerprint density at radius 2 is 1.58 bits per heavy atom. The SMILES string of the molecule is [C-]#[N+]c1ccc2c(-c3ccc4c(c3)sc3c(-c5ccccc5)cccc34)nccc2c1. The van der Waals surface area contributed by atoms with Crippen LogP contribution in [-0.4, -0.2) is 4.98 Å². The lowest BCUT2D eigenvalue weighted by molar-refractivity contribution is 1.36. The minimum Gasteiger partial charge on any atom is -0.256 e. The molecule has 0 aliphatic carbocycles. The molecular formula is C28H16N2S. The molecule has 0 fully saturated rings. The average molecular weight is 413 g/mol. The molecule has 0 unspecified atom stereocenters. The molecule has 0 saturated heterocycles. The van der Waals surface area contributed by atoms with Gasteiger partial charge in [-0.15, -0.1) is 11.3 Å². The van der Waals surface area contributed by atoms with Gasteiger partial charge in [0.05, 0.1) is 12.3 Å². The zero-order valence-corrected chi connectivity index (χ0v) is 17.4. The quantitative estimate of drug-likeness (QED) is 0.261. The topological polar surface area (TPSA) is 17.2 Å². The Labute approximate surface area is 183 Å². The Kier molecular flexibility index (Phi) is 4.06. The number of thiophene rings is 1. The van der Waals surface area contributed by atoms with Gasteiger partial charge in [0.25, 0.3) is 0 Å². The molecule has 6 aromatic rings. The molecule has 0 N–H and O–H groups in total. The molecule has 0 bridgehead atoms. The van der Waals surface area contributed by atoms with Crippen LogP contribution >= 0.6 is 11.3 Å². The number of hydrogen-bond donors (Lipinski definition) is 0. The fourth-order valence-corrected chi connectivity index (χ4v) is 5.53. The molecule has 6 rings (SSSR count). The van der Waals surface area contributed by atoms with Gasteiger partial charge in [-0.1, -0.05) is 72.8 Å². The first kappa shape index (κ1) is 17.8. The lowest BCUT2D eigenvalue weighted by Gasteiger charge is -2.06. The van der Waals surface area contributed by atoms with Crippen molar-refractivity contribution in [3.8, 4) is 22.4 Å². The fraction of sp³-hybridized carbons (Fsp3) is 0. The van der Waals surface area contributed by atoms with Gasteiger partial charge < -0.3 is 0 Å². The van der Waals surface area contributed by atoms with Crippen LogP contribution in [-0.2, 0) is 0 Å². The van der Waals surface area contributed by atoms with Crippen LogP contribution in [0.4, 0.5) is 5.69 Å². The largest absolute Gasteiger partial charge is 0.256 e. The third-order valence-electron chi connectivity index (χ3n) is 5.73. The van der Waals surface area contributed by atoms with Crippen LogP contribution in [0.25, 0.3) is 58.2 Å². The summed E-state index contributed by atoms with van der Waals surface area (Å²) < 4.78 is 2.57. The highest BCUT2D eigenvalue weighted by molar-refractivity contribution is 7.26. The molecule has 0 spiro atoms. The first-order valence-electron chi connectivity index (χ1n) is 10.1. The van der Waals surface area contributed by atoms with Crippen LogP contribution in [0, 0.1) is 6.57 Å². The van der Waals surface area contributed by atoms with Gasteiger partial charge >= 0.3 is 0 Å². The second kappa shape index (κ2) is 7.05. The zero-order valence-electron chi connectivity index (χ0n) is 16.5. The van der Waals surface area contributed by atoms with Gasteiger partial charge in [-0.3, -0.25) is 4.98 Å². The van der Waals surface area contributed by atoms with E-state index in [4.69, 9.17) is 6.57 Å². The average Bonchev–Trinajstić information content (AvgIpc) is 3.21. The van der Waals surface area contributed by atoms with Gasteiger partial charge in [0, 0.05) is 37.3 Å². The van der Waals surface area contributed by atoms with E-state index in [-0.39, 0.29) is 0 Å². The fourth-order valence-electron chi connectivity index (χ4n) is 4.26. The monoisotopic (exact) mass is 412 g/mol. The molecule has 2 heterocycles. The van der Waals surface area contributed by atoms with Crippen molar-refractivity contribution in [2.45, 2.75) is 0 Å². The third kappa shape index (κ3) is 2.89. The lowest BCUT2D eigenvalue weighted by Crippen LogP contribution is -1.85. The molecule has 31 heavy (non-hydrogen) atoms. The predicted molar refractivity (Wildman–Crippen MR) is 132 cm³/mol. The molecule has 2 aromatic heterocycles. The highest BCUT2D eigenvalue weighted by atomic mass is 32.1. The molecule has 0 amide bonds. The normalized spacial score (nSPS) is 11.2. The van der Waals surface area contributed by atoms with E-state index in [0.717, 1.165) is 22.0 Å². The minimum absolute atomic E-state index is 0.651. The van der Waals surface area contributed by atoms with Crippen molar-refractivity contribution < 1.29 is 0 Å². The van der Waals surface area contributed by atoms with E-state index >= 15 is 0 Å². The number of pyridine rings is 1. The molecule has 0 atom stereocenters. The van der Waals surface area contributed by atoms with Crippen LogP contribution < -0.4 is 0 Å². The van der Waals surface area contributed by atoms with E-state index in [2.05, 4.69) is 76.6 Å². The van der Waals surface area contributed by atoms with Gasteiger partial charge in [0.2, 0.25) is 0 Å². The van der Waals surface area contributed by atoms with Crippen LogP contribution in [0.15, 0.2) is 97.2 Å². The zero-order chi connectivity index (χ0) is 20.8. The van der Waals surface area contributed by atoms with Crippen molar-refractivity contribution in [2.75, 3.05) is 0 Å². The maximum absolute atomic E-state index is 7.27. The summed E-state index contributed by atoms with van der Waals surface area (Å²) in [5.74, 6) is 0. The van der Waals surface area contributed by atoms with Crippen molar-refractivity contribution >= 4 is 48.0 Å². The van der Waals surface area contributed by atoms with Crippen LogP contribution in [0.1, 0.15) is 0 Å². The predicted octanol–water partition coefficient (Wildman–Crippen LogP) is 8.49. The molecule has 0 saturated carbocycles. The molecule has 0 radical (unpaired) electrons. The first-order chi connectivity index (χ1) is 15.3. The number of benzene rings is 4. The second-order valence-corrected chi connectivity index (χ2v) is 8.59. The molecule has 144 valence electrons. The number of hydrogen-bond acceptors (Lipinski definition) is 2. The molecule has 0 aliphatic heterocycles. The van der Waals surface area contributed by atoms with Crippen LogP contribution in [0.5, 0.6) is 0 Å². The van der Waals surface area contributed by atoms with Gasteiger partial charge in [0.1, 0.15) is 0 Å². The highest BCUT2D eigenvalue weighted by Gasteiger charge is 2.12. The van der Waals surface area contributed by atoms with E-state index in [0.29, 0.717) is 5.69 Å². The van der Waals surface area contributed by atoms with E-state index in [1.54, 1.807) is 0 Å².